The zero-order chi connectivity index (χ0) is 6.99. The Labute approximate surface area is 60.1 Å². The summed E-state index contributed by atoms with van der Waals surface area (Å²) in [7, 11) is 0. The summed E-state index contributed by atoms with van der Waals surface area (Å²) in [5.74, 6) is -1.19. The van der Waals surface area contributed by atoms with Crippen LogP contribution in [0.3, 0.4) is 0 Å². The smallest absolute Gasteiger partial charge is 0.329 e. The molecular weight excluding hydrogens is 146 g/mol. The third-order valence-corrected chi connectivity index (χ3v) is 0.135. The van der Waals surface area contributed by atoms with Gasteiger partial charge in [0.25, 0.3) is 0 Å². The highest BCUT2D eigenvalue weighted by molar-refractivity contribution is 5.85. The van der Waals surface area contributed by atoms with Crippen molar-refractivity contribution in [2.45, 2.75) is 6.92 Å². The molecule has 0 unspecified atom stereocenters. The summed E-state index contributed by atoms with van der Waals surface area (Å²) in [6, 6.07) is 0. The summed E-state index contributed by atoms with van der Waals surface area (Å²) >= 11 is 0. The van der Waals surface area contributed by atoms with Gasteiger partial charge in [-0.3, -0.25) is 0 Å². The van der Waals surface area contributed by atoms with Crippen molar-refractivity contribution in [1.82, 2.24) is 0 Å². The minimum atomic E-state index is -1.19. The maximum atomic E-state index is 9.12. The van der Waals surface area contributed by atoms with Crippen molar-refractivity contribution < 1.29 is 15.0 Å². The van der Waals surface area contributed by atoms with E-state index >= 15 is 0 Å². The highest BCUT2D eigenvalue weighted by atomic mass is 35.5. The molecule has 0 amide bonds. The molecule has 0 bridgehead atoms. The van der Waals surface area contributed by atoms with Gasteiger partial charge >= 0.3 is 5.97 Å². The molecule has 58 valence electrons. The van der Waals surface area contributed by atoms with E-state index in [1.54, 1.807) is 0 Å². The number of hydrogen-bond acceptors (Lipinski definition) is 3. The lowest BCUT2D eigenvalue weighted by Crippen LogP contribution is -1.98. The van der Waals surface area contributed by atoms with E-state index in [0.717, 1.165) is 6.54 Å². The number of carbonyl (C=O) groups is 1. The molecule has 0 fully saturated rings. The highest BCUT2D eigenvalue weighted by Crippen LogP contribution is 1.48. The Morgan fingerprint density at radius 2 is 1.78 bits per heavy atom. The van der Waals surface area contributed by atoms with Gasteiger partial charge in [-0.15, -0.1) is 12.4 Å². The molecule has 9 heavy (non-hydrogen) atoms. The van der Waals surface area contributed by atoms with E-state index in [1.807, 2.05) is 6.92 Å². The van der Waals surface area contributed by atoms with E-state index < -0.39 is 12.6 Å². The zero-order valence-electron chi connectivity index (χ0n) is 5.20. The summed E-state index contributed by atoms with van der Waals surface area (Å²) in [6.45, 7) is 1.88. The standard InChI is InChI=1S/C2H7N.C2H4O3.ClH/c1-2-3;3-1-2(4)5;/h2-3H2,1H3;3H,1H2,(H,4,5);1H. The molecule has 0 saturated heterocycles. The van der Waals surface area contributed by atoms with Crippen LogP contribution in [0.5, 0.6) is 0 Å². The molecule has 0 aromatic rings. The molecule has 0 spiro atoms. The molecule has 0 aliphatic heterocycles. The van der Waals surface area contributed by atoms with Crippen LogP contribution in [-0.2, 0) is 4.79 Å². The van der Waals surface area contributed by atoms with Crippen LogP contribution in [0.4, 0.5) is 0 Å². The normalized spacial score (nSPS) is 6.11. The SMILES string of the molecule is CCN.Cl.O=C(O)CO. The molecule has 5 heteroatoms. The number of nitrogens with two attached hydrogens (primary N) is 1. The summed E-state index contributed by atoms with van der Waals surface area (Å²) in [5, 5.41) is 15.0. The summed E-state index contributed by atoms with van der Waals surface area (Å²) < 4.78 is 0. The maximum absolute atomic E-state index is 9.12. The van der Waals surface area contributed by atoms with Crippen molar-refractivity contribution in [3.63, 3.8) is 0 Å². The lowest BCUT2D eigenvalue weighted by atomic mass is 10.8. The fourth-order valence-electron chi connectivity index (χ4n) is 0. The second-order valence-corrected chi connectivity index (χ2v) is 0.960. The lowest BCUT2D eigenvalue weighted by Gasteiger charge is -1.72. The van der Waals surface area contributed by atoms with E-state index in [-0.39, 0.29) is 12.4 Å². The quantitative estimate of drug-likeness (QED) is 0.477. The minimum Gasteiger partial charge on any atom is -0.480 e. The molecule has 0 radical (unpaired) electrons. The van der Waals surface area contributed by atoms with Gasteiger partial charge < -0.3 is 15.9 Å². The first-order valence-electron chi connectivity index (χ1n) is 2.21. The van der Waals surface area contributed by atoms with Crippen LogP contribution >= 0.6 is 12.4 Å². The zero-order valence-corrected chi connectivity index (χ0v) is 6.02. The highest BCUT2D eigenvalue weighted by Gasteiger charge is 1.82. The van der Waals surface area contributed by atoms with Gasteiger partial charge in [-0.25, -0.2) is 4.79 Å². The molecule has 0 saturated carbocycles. The first kappa shape index (κ1) is 15.9. The number of halogens is 1. The first-order valence-corrected chi connectivity index (χ1v) is 2.21. The largest absolute Gasteiger partial charge is 0.480 e. The van der Waals surface area contributed by atoms with Gasteiger partial charge in [-0.1, -0.05) is 6.92 Å². The second-order valence-electron chi connectivity index (χ2n) is 0.960. The monoisotopic (exact) mass is 157 g/mol. The van der Waals surface area contributed by atoms with E-state index in [0.29, 0.717) is 0 Å². The Bertz CT molecular complexity index is 59.8. The fourth-order valence-corrected chi connectivity index (χ4v) is 0. The average Bonchev–Trinajstić information content (AvgIpc) is 1.69. The average molecular weight is 158 g/mol. The third-order valence-electron chi connectivity index (χ3n) is 0.135. The molecule has 4 nitrogen and oxygen atoms in total. The van der Waals surface area contributed by atoms with E-state index in [4.69, 9.17) is 20.7 Å². The Morgan fingerprint density at radius 1 is 1.67 bits per heavy atom. The Morgan fingerprint density at radius 3 is 1.78 bits per heavy atom. The van der Waals surface area contributed by atoms with Gasteiger partial charge in [0.05, 0.1) is 0 Å². The number of aliphatic hydroxyl groups excluding tert-OH is 1. The third kappa shape index (κ3) is 87.8. The molecule has 0 aromatic carbocycles. The Balaban J connectivity index is -0.0000000800. The first-order chi connectivity index (χ1) is 3.68. The topological polar surface area (TPSA) is 83.6 Å². The van der Waals surface area contributed by atoms with Crippen LogP contribution in [-0.4, -0.2) is 29.3 Å². The van der Waals surface area contributed by atoms with Crippen LogP contribution in [0.25, 0.3) is 0 Å². The van der Waals surface area contributed by atoms with Crippen molar-refractivity contribution >= 4 is 18.4 Å². The van der Waals surface area contributed by atoms with Crippen molar-refractivity contribution in [1.29, 1.82) is 0 Å². The van der Waals surface area contributed by atoms with E-state index in [9.17, 15) is 0 Å². The predicted octanol–water partition coefficient (Wildman–Crippen LogP) is -0.550. The maximum Gasteiger partial charge on any atom is 0.329 e. The van der Waals surface area contributed by atoms with Gasteiger partial charge in [0.2, 0.25) is 0 Å². The van der Waals surface area contributed by atoms with Crippen LogP contribution in [0.15, 0.2) is 0 Å². The molecule has 0 atom stereocenters. The number of carboxylic acid groups (broad SMARTS) is 1. The minimum absolute atomic E-state index is 0. The van der Waals surface area contributed by atoms with E-state index in [1.165, 1.54) is 0 Å². The van der Waals surface area contributed by atoms with Crippen LogP contribution in [0, 0.1) is 0 Å². The molecular formula is C4H12ClNO3. The number of aliphatic carboxylic acids is 1. The van der Waals surface area contributed by atoms with Crippen LogP contribution in [0.2, 0.25) is 0 Å². The molecule has 0 rings (SSSR count). The van der Waals surface area contributed by atoms with Gasteiger partial charge in [-0.05, 0) is 6.54 Å². The molecule has 0 aromatic heterocycles. The Kier molecular flexibility index (Phi) is 27.6. The number of hydrogen-bond donors (Lipinski definition) is 3. The number of carboxylic acids is 1. The van der Waals surface area contributed by atoms with Crippen molar-refractivity contribution in [2.24, 2.45) is 5.73 Å². The second kappa shape index (κ2) is 15.6. The van der Waals surface area contributed by atoms with Gasteiger partial charge in [-0.2, -0.15) is 0 Å². The number of rotatable bonds is 1. The lowest BCUT2D eigenvalue weighted by molar-refractivity contribution is -0.140. The van der Waals surface area contributed by atoms with Crippen molar-refractivity contribution in [2.75, 3.05) is 13.2 Å². The summed E-state index contributed by atoms with van der Waals surface area (Å²) in [5.41, 5.74) is 4.85. The van der Waals surface area contributed by atoms with Gasteiger partial charge in [0.1, 0.15) is 6.61 Å². The molecule has 0 aliphatic carbocycles. The fraction of sp³-hybridized carbons (Fsp3) is 0.750. The van der Waals surface area contributed by atoms with Crippen LogP contribution < -0.4 is 5.73 Å². The number of aliphatic hydroxyl groups is 1. The molecule has 4 N–H and O–H groups in total. The predicted molar refractivity (Wildman–Crippen MR) is 36.7 cm³/mol. The van der Waals surface area contributed by atoms with Crippen LogP contribution in [0.1, 0.15) is 6.92 Å². The molecule has 0 aliphatic rings. The van der Waals surface area contributed by atoms with Gasteiger partial charge in [0, 0.05) is 0 Å². The van der Waals surface area contributed by atoms with Crippen molar-refractivity contribution in [3.8, 4) is 0 Å². The summed E-state index contributed by atoms with van der Waals surface area (Å²) in [4.78, 5) is 9.12. The summed E-state index contributed by atoms with van der Waals surface area (Å²) in [6.07, 6.45) is 0. The Hall–Kier alpha value is -0.320. The molecule has 0 heterocycles. The van der Waals surface area contributed by atoms with E-state index in [2.05, 4.69) is 0 Å². The van der Waals surface area contributed by atoms with Gasteiger partial charge in [0.15, 0.2) is 0 Å². The van der Waals surface area contributed by atoms with Crippen molar-refractivity contribution in [3.05, 3.63) is 0 Å².